The molecule has 6 N–H and O–H groups in total. The van der Waals surface area contributed by atoms with Gasteiger partial charge < -0.3 is 45.9 Å². The number of benzene rings is 5. The number of rotatable bonds is 10. The number of hydrogen-bond donors (Lipinski definition) is 6. The quantitative estimate of drug-likeness (QED) is 0.0742. The fourth-order valence-corrected chi connectivity index (χ4v) is 10.8. The van der Waals surface area contributed by atoms with Crippen LogP contribution in [-0.4, -0.2) is 92.2 Å². The highest BCUT2D eigenvalue weighted by atomic mass is 16.5. The van der Waals surface area contributed by atoms with E-state index in [4.69, 9.17) is 9.72 Å². The smallest absolute Gasteiger partial charge is 0.407 e. The van der Waals surface area contributed by atoms with Gasteiger partial charge in [0.15, 0.2) is 0 Å². The molecule has 340 valence electrons. The number of anilines is 2. The Hall–Kier alpha value is -6.93. The van der Waals surface area contributed by atoms with Gasteiger partial charge in [0.05, 0.1) is 41.6 Å². The number of aromatic amines is 1. The van der Waals surface area contributed by atoms with Crippen molar-refractivity contribution in [2.45, 2.75) is 102 Å². The molecule has 5 aromatic carbocycles. The molecule has 10 rings (SSSR count). The predicted octanol–water partition coefficient (Wildman–Crippen LogP) is 8.06. The van der Waals surface area contributed by atoms with Crippen molar-refractivity contribution >= 4 is 67.8 Å². The summed E-state index contributed by atoms with van der Waals surface area (Å²) in [7, 11) is 1.31. The maximum atomic E-state index is 14.3. The van der Waals surface area contributed by atoms with E-state index in [9.17, 15) is 24.3 Å². The number of ether oxygens (including phenoxy) is 1. The molecule has 1 aromatic heterocycles. The maximum absolute atomic E-state index is 14.3. The molecule has 5 unspecified atom stereocenters. The lowest BCUT2D eigenvalue weighted by Gasteiger charge is -2.40. The number of allylic oxidation sites excluding steroid dienone is 1. The number of amides is 4. The minimum absolute atomic E-state index is 0.0915. The van der Waals surface area contributed by atoms with E-state index in [1.165, 1.54) is 21.0 Å². The van der Waals surface area contributed by atoms with Crippen molar-refractivity contribution in [3.05, 3.63) is 114 Å². The van der Waals surface area contributed by atoms with E-state index in [0.29, 0.717) is 23.9 Å². The van der Waals surface area contributed by atoms with Crippen LogP contribution in [0.1, 0.15) is 83.3 Å². The number of likely N-dealkylation sites (tertiary alicyclic amines) is 2. The topological polar surface area (TPSA) is 181 Å². The number of carbonyl (C=O) groups is 4. The van der Waals surface area contributed by atoms with Crippen LogP contribution in [0.3, 0.4) is 0 Å². The first-order valence-electron chi connectivity index (χ1n) is 23.0. The average Bonchev–Trinajstić information content (AvgIpc) is 4.17. The number of imidazole rings is 1. The van der Waals surface area contributed by atoms with E-state index in [-0.39, 0.29) is 36.1 Å². The highest BCUT2D eigenvalue weighted by Gasteiger charge is 2.53. The van der Waals surface area contributed by atoms with Gasteiger partial charge in [-0.25, -0.2) is 9.78 Å². The number of nitrogens with one attached hydrogen (secondary N) is 5. The number of nitrogens with zero attached hydrogens (tertiary/aromatic N) is 3. The zero-order chi connectivity index (χ0) is 46.0. The Bertz CT molecular complexity index is 2940. The maximum Gasteiger partial charge on any atom is 0.407 e. The molecule has 3 aliphatic heterocycles. The zero-order valence-electron chi connectivity index (χ0n) is 37.9. The van der Waals surface area contributed by atoms with Crippen LogP contribution in [-0.2, 0) is 19.1 Å². The summed E-state index contributed by atoms with van der Waals surface area (Å²) in [6, 6.07) is 28.4. The minimum atomic E-state index is -1.65. The molecule has 14 heteroatoms. The van der Waals surface area contributed by atoms with Gasteiger partial charge in [-0.1, -0.05) is 78.4 Å². The lowest BCUT2D eigenvalue weighted by Crippen LogP contribution is -2.58. The van der Waals surface area contributed by atoms with Crippen LogP contribution in [0.5, 0.6) is 0 Å². The summed E-state index contributed by atoms with van der Waals surface area (Å²) in [6.45, 7) is 7.17. The van der Waals surface area contributed by atoms with Crippen molar-refractivity contribution in [1.82, 2.24) is 30.4 Å². The summed E-state index contributed by atoms with van der Waals surface area (Å²) >= 11 is 0. The Balaban J connectivity index is 0.888. The van der Waals surface area contributed by atoms with Crippen molar-refractivity contribution in [3.8, 4) is 11.1 Å². The second-order valence-corrected chi connectivity index (χ2v) is 19.1. The number of aliphatic hydroxyl groups is 1. The molecule has 4 amide bonds. The summed E-state index contributed by atoms with van der Waals surface area (Å²) < 4.78 is 4.87. The van der Waals surface area contributed by atoms with Gasteiger partial charge in [0.25, 0.3) is 5.91 Å². The molecule has 2 saturated heterocycles. The molecule has 6 aromatic rings. The zero-order valence-corrected chi connectivity index (χ0v) is 37.9. The predicted molar refractivity (Wildman–Crippen MR) is 255 cm³/mol. The second-order valence-electron chi connectivity index (χ2n) is 19.1. The third kappa shape index (κ3) is 7.76. The van der Waals surface area contributed by atoms with E-state index in [1.54, 1.807) is 11.0 Å². The number of piperidine rings is 1. The standard InChI is InChI=1S/C52H56N8O6/c1-28(2)24-40(55-51(64)66-5)48(61)60-35-18-13-34(27-35)45(60)47-54-39-22-17-33-26-31(15-20-37(33)44(39)57-47)30-14-19-36-32(25-30)16-21-38-43(36)56-46(53-38)41-12-9-23-59(41)49(62)42(29-10-7-6-8-11-29)58-50(63)52(3,4)65/h6-8,10-11,14-17,19-22,24-26,34-35,40-42,45,47,54,57,65H,9,12-13,18,23,27H2,1-5H3,(H,53,56)(H,55,64)(H,58,63)/t34?,35-,40?,41?,42-,45?,47?/m1/s1. The molecule has 14 nitrogen and oxygen atoms in total. The van der Waals surface area contributed by atoms with Crippen molar-refractivity contribution < 1.29 is 29.0 Å². The Labute approximate surface area is 383 Å². The Morgan fingerprint density at radius 1 is 0.864 bits per heavy atom. The lowest BCUT2D eigenvalue weighted by atomic mass is 9.95. The molecule has 4 heterocycles. The van der Waals surface area contributed by atoms with Crippen LogP contribution >= 0.6 is 0 Å². The molecule has 7 atom stereocenters. The second kappa shape index (κ2) is 16.8. The summed E-state index contributed by atoms with van der Waals surface area (Å²) in [4.78, 5) is 66.2. The van der Waals surface area contributed by atoms with Crippen LogP contribution in [0, 0.1) is 5.92 Å². The molecular weight excluding hydrogens is 833 g/mol. The molecule has 66 heavy (non-hydrogen) atoms. The fraction of sp³-hybridized carbons (Fsp3) is 0.365. The highest BCUT2D eigenvalue weighted by molar-refractivity contribution is 6.07. The molecular formula is C52H56N8O6. The molecule has 2 bridgehead atoms. The van der Waals surface area contributed by atoms with Gasteiger partial charge in [0.2, 0.25) is 11.8 Å². The van der Waals surface area contributed by atoms with Gasteiger partial charge in [-0.05, 0) is 117 Å². The molecule has 0 radical (unpaired) electrons. The summed E-state index contributed by atoms with van der Waals surface area (Å²) in [5.74, 6) is 0.0468. The summed E-state index contributed by atoms with van der Waals surface area (Å²) in [5.41, 5.74) is 5.78. The monoisotopic (exact) mass is 888 g/mol. The average molecular weight is 889 g/mol. The van der Waals surface area contributed by atoms with Crippen molar-refractivity contribution in [3.63, 3.8) is 0 Å². The van der Waals surface area contributed by atoms with Gasteiger partial charge in [-0.3, -0.25) is 14.4 Å². The van der Waals surface area contributed by atoms with E-state index in [1.807, 2.05) is 55.1 Å². The number of carbonyl (C=O) groups excluding carboxylic acids is 4. The first-order chi connectivity index (χ1) is 31.7. The van der Waals surface area contributed by atoms with Crippen LogP contribution in [0.15, 0.2) is 103 Å². The first kappa shape index (κ1) is 43.0. The molecule has 3 fully saturated rings. The van der Waals surface area contributed by atoms with Crippen molar-refractivity contribution in [1.29, 1.82) is 0 Å². The largest absolute Gasteiger partial charge is 0.453 e. The molecule has 1 saturated carbocycles. The number of aromatic nitrogens is 2. The highest BCUT2D eigenvalue weighted by Crippen LogP contribution is 2.48. The Kier molecular flexibility index (Phi) is 10.9. The molecule has 1 aliphatic carbocycles. The van der Waals surface area contributed by atoms with Gasteiger partial charge in [-0.15, -0.1) is 0 Å². The number of fused-ring (bicyclic) bond motifs is 8. The van der Waals surface area contributed by atoms with Crippen molar-refractivity contribution in [2.24, 2.45) is 5.92 Å². The van der Waals surface area contributed by atoms with Gasteiger partial charge in [-0.2, -0.15) is 0 Å². The summed E-state index contributed by atoms with van der Waals surface area (Å²) in [5, 5.41) is 27.7. The van der Waals surface area contributed by atoms with Crippen LogP contribution in [0.25, 0.3) is 43.7 Å². The molecule has 0 spiro atoms. The number of hydrogen-bond acceptors (Lipinski definition) is 9. The normalized spacial score (nSPS) is 21.9. The van der Waals surface area contributed by atoms with E-state index in [2.05, 4.69) is 80.8 Å². The Morgan fingerprint density at radius 3 is 2.32 bits per heavy atom. The van der Waals surface area contributed by atoms with Gasteiger partial charge in [0, 0.05) is 23.4 Å². The van der Waals surface area contributed by atoms with Gasteiger partial charge in [0.1, 0.15) is 29.7 Å². The van der Waals surface area contributed by atoms with Crippen molar-refractivity contribution in [2.75, 3.05) is 24.3 Å². The first-order valence-corrected chi connectivity index (χ1v) is 23.0. The third-order valence-electron chi connectivity index (χ3n) is 14.0. The van der Waals surface area contributed by atoms with Gasteiger partial charge >= 0.3 is 6.09 Å². The summed E-state index contributed by atoms with van der Waals surface area (Å²) in [6.07, 6.45) is 5.43. The Morgan fingerprint density at radius 2 is 1.59 bits per heavy atom. The number of alkyl carbamates (subject to hydrolysis) is 1. The molecule has 4 aliphatic rings. The number of H-pyrrole nitrogens is 1. The SMILES string of the molecule is COC(=O)NC(C=C(C)C)C(=O)N1C(C2Nc3ccc4cc(-c5ccc6c(ccc7[nH]c(C8CCCN8C(=O)[C@H](NC(=O)C(C)(C)O)c8ccccc8)nc76)c5)ccc4c3N2)C2CC[C@@H]1C2. The number of methoxy groups -OCH3 is 1. The van der Waals surface area contributed by atoms with E-state index < -0.39 is 29.7 Å². The van der Waals surface area contributed by atoms with E-state index >= 15 is 0 Å². The van der Waals surface area contributed by atoms with Crippen LogP contribution in [0.2, 0.25) is 0 Å². The van der Waals surface area contributed by atoms with Crippen LogP contribution < -0.4 is 21.3 Å². The third-order valence-corrected chi connectivity index (χ3v) is 14.0. The fourth-order valence-electron chi connectivity index (χ4n) is 10.8. The lowest BCUT2D eigenvalue weighted by molar-refractivity contribution is -0.143. The van der Waals surface area contributed by atoms with E-state index in [0.717, 1.165) is 92.8 Å². The van der Waals surface area contributed by atoms with Crippen LogP contribution in [0.4, 0.5) is 16.2 Å². The minimum Gasteiger partial charge on any atom is -0.453 e.